The SMILES string of the molecule is NC(CO)c1ccc(O)cc1[N+](=O)[O-]. The van der Waals surface area contributed by atoms with Crippen molar-refractivity contribution >= 4 is 5.69 Å². The zero-order valence-electron chi connectivity index (χ0n) is 7.25. The maximum Gasteiger partial charge on any atom is 0.277 e. The molecule has 0 aliphatic heterocycles. The minimum Gasteiger partial charge on any atom is -0.508 e. The van der Waals surface area contributed by atoms with Gasteiger partial charge in [0.1, 0.15) is 5.75 Å². The number of phenolic OH excluding ortho intramolecular Hbond substituents is 1. The molecule has 1 atom stereocenters. The van der Waals surface area contributed by atoms with Gasteiger partial charge in [-0.2, -0.15) is 0 Å². The molecule has 0 saturated heterocycles. The molecule has 1 aromatic carbocycles. The van der Waals surface area contributed by atoms with Crippen LogP contribution in [-0.4, -0.2) is 21.7 Å². The Morgan fingerprint density at radius 2 is 2.21 bits per heavy atom. The lowest BCUT2D eigenvalue weighted by molar-refractivity contribution is -0.385. The monoisotopic (exact) mass is 198 g/mol. The first-order valence-electron chi connectivity index (χ1n) is 3.90. The van der Waals surface area contributed by atoms with Gasteiger partial charge < -0.3 is 15.9 Å². The summed E-state index contributed by atoms with van der Waals surface area (Å²) in [5.41, 5.74) is 5.37. The lowest BCUT2D eigenvalue weighted by Crippen LogP contribution is -2.15. The van der Waals surface area contributed by atoms with E-state index in [-0.39, 0.29) is 23.6 Å². The summed E-state index contributed by atoms with van der Waals surface area (Å²) in [4.78, 5) is 9.90. The molecule has 76 valence electrons. The van der Waals surface area contributed by atoms with Crippen molar-refractivity contribution in [3.63, 3.8) is 0 Å². The molecule has 0 fully saturated rings. The van der Waals surface area contributed by atoms with Crippen molar-refractivity contribution in [1.82, 2.24) is 0 Å². The summed E-state index contributed by atoms with van der Waals surface area (Å²) in [5.74, 6) is -0.203. The number of hydrogen-bond donors (Lipinski definition) is 3. The third-order valence-corrected chi connectivity index (χ3v) is 1.81. The fraction of sp³-hybridized carbons (Fsp3) is 0.250. The molecule has 6 heteroatoms. The molecule has 0 bridgehead atoms. The predicted molar refractivity (Wildman–Crippen MR) is 48.8 cm³/mol. The number of rotatable bonds is 3. The molecule has 0 saturated carbocycles. The van der Waals surface area contributed by atoms with Crippen LogP contribution in [0.15, 0.2) is 18.2 Å². The Bertz CT molecular complexity index is 353. The van der Waals surface area contributed by atoms with Gasteiger partial charge in [0, 0.05) is 5.56 Å². The lowest BCUT2D eigenvalue weighted by Gasteiger charge is -2.08. The van der Waals surface area contributed by atoms with Crippen LogP contribution in [0.25, 0.3) is 0 Å². The molecule has 6 nitrogen and oxygen atoms in total. The van der Waals surface area contributed by atoms with Gasteiger partial charge in [-0.3, -0.25) is 10.1 Å². The summed E-state index contributed by atoms with van der Waals surface area (Å²) in [6.45, 7) is -0.383. The number of nitrogens with two attached hydrogens (primary N) is 1. The van der Waals surface area contributed by atoms with Crippen LogP contribution in [0.5, 0.6) is 5.75 Å². The summed E-state index contributed by atoms with van der Waals surface area (Å²) < 4.78 is 0. The number of nitrogens with zero attached hydrogens (tertiary/aromatic N) is 1. The molecule has 1 aromatic rings. The molecule has 0 amide bonds. The first-order chi connectivity index (χ1) is 6.56. The molecule has 4 N–H and O–H groups in total. The van der Waals surface area contributed by atoms with Gasteiger partial charge in [-0.15, -0.1) is 0 Å². The normalized spacial score (nSPS) is 12.4. The molecule has 0 aliphatic carbocycles. The molecule has 0 spiro atoms. The third-order valence-electron chi connectivity index (χ3n) is 1.81. The second kappa shape index (κ2) is 4.03. The first kappa shape index (κ1) is 10.4. The number of nitro benzene ring substituents is 1. The van der Waals surface area contributed by atoms with E-state index in [2.05, 4.69) is 0 Å². The number of aliphatic hydroxyl groups excluding tert-OH is 1. The van der Waals surface area contributed by atoms with Gasteiger partial charge in [0.15, 0.2) is 0 Å². The van der Waals surface area contributed by atoms with Crippen LogP contribution in [0.2, 0.25) is 0 Å². The number of hydrogen-bond acceptors (Lipinski definition) is 5. The summed E-state index contributed by atoms with van der Waals surface area (Å²) >= 11 is 0. The highest BCUT2D eigenvalue weighted by atomic mass is 16.6. The van der Waals surface area contributed by atoms with E-state index in [1.54, 1.807) is 0 Å². The van der Waals surface area contributed by atoms with Crippen LogP contribution in [-0.2, 0) is 0 Å². The van der Waals surface area contributed by atoms with E-state index in [4.69, 9.17) is 15.9 Å². The van der Waals surface area contributed by atoms with Gasteiger partial charge in [0.05, 0.1) is 23.6 Å². The average molecular weight is 198 g/mol. The van der Waals surface area contributed by atoms with Crippen LogP contribution >= 0.6 is 0 Å². The van der Waals surface area contributed by atoms with E-state index in [0.29, 0.717) is 0 Å². The highest BCUT2D eigenvalue weighted by Crippen LogP contribution is 2.27. The smallest absolute Gasteiger partial charge is 0.277 e. The summed E-state index contributed by atoms with van der Waals surface area (Å²) in [7, 11) is 0. The van der Waals surface area contributed by atoms with E-state index in [9.17, 15) is 10.1 Å². The predicted octanol–water partition coefficient (Wildman–Crippen LogP) is 0.292. The van der Waals surface area contributed by atoms with Crippen LogP contribution < -0.4 is 5.73 Å². The van der Waals surface area contributed by atoms with Crippen molar-refractivity contribution in [3.05, 3.63) is 33.9 Å². The topological polar surface area (TPSA) is 110 Å². The molecule has 0 aromatic heterocycles. The lowest BCUT2D eigenvalue weighted by atomic mass is 10.1. The van der Waals surface area contributed by atoms with Crippen LogP contribution in [0.1, 0.15) is 11.6 Å². The van der Waals surface area contributed by atoms with Gasteiger partial charge in [-0.25, -0.2) is 0 Å². The average Bonchev–Trinajstić information content (AvgIpc) is 2.16. The van der Waals surface area contributed by atoms with E-state index in [1.807, 2.05) is 0 Å². The number of benzene rings is 1. The standard InChI is InChI=1S/C8H10N2O4/c9-7(4-11)6-2-1-5(12)3-8(6)10(13)14/h1-3,7,11-12H,4,9H2. The van der Waals surface area contributed by atoms with Crippen LogP contribution in [0.4, 0.5) is 5.69 Å². The molecule has 0 aliphatic rings. The number of aliphatic hydroxyl groups is 1. The minimum absolute atomic E-state index is 0.203. The molecular formula is C8H10N2O4. The van der Waals surface area contributed by atoms with E-state index < -0.39 is 11.0 Å². The van der Waals surface area contributed by atoms with E-state index >= 15 is 0 Å². The number of phenols is 1. The summed E-state index contributed by atoms with van der Waals surface area (Å²) in [5, 5.41) is 28.3. The Labute approximate surface area is 79.7 Å². The fourth-order valence-electron chi connectivity index (χ4n) is 1.10. The van der Waals surface area contributed by atoms with E-state index in [0.717, 1.165) is 6.07 Å². The first-order valence-corrected chi connectivity index (χ1v) is 3.90. The van der Waals surface area contributed by atoms with Gasteiger partial charge in [-0.1, -0.05) is 0 Å². The van der Waals surface area contributed by atoms with Crippen molar-refractivity contribution < 1.29 is 15.1 Å². The highest BCUT2D eigenvalue weighted by Gasteiger charge is 2.19. The molecule has 0 heterocycles. The zero-order chi connectivity index (χ0) is 10.7. The second-order valence-corrected chi connectivity index (χ2v) is 2.79. The molecule has 0 radical (unpaired) electrons. The van der Waals surface area contributed by atoms with Crippen LogP contribution in [0.3, 0.4) is 0 Å². The minimum atomic E-state index is -0.809. The van der Waals surface area contributed by atoms with Gasteiger partial charge in [0.25, 0.3) is 5.69 Å². The highest BCUT2D eigenvalue weighted by molar-refractivity contribution is 5.47. The Kier molecular flexibility index (Phi) is 3.00. The van der Waals surface area contributed by atoms with Gasteiger partial charge >= 0.3 is 0 Å². The van der Waals surface area contributed by atoms with Crippen molar-refractivity contribution in [2.75, 3.05) is 6.61 Å². The molecule has 1 unspecified atom stereocenters. The maximum absolute atomic E-state index is 10.6. The van der Waals surface area contributed by atoms with Crippen LogP contribution in [0, 0.1) is 10.1 Å². The Balaban J connectivity index is 3.21. The molecule has 1 rings (SSSR count). The zero-order valence-corrected chi connectivity index (χ0v) is 7.25. The summed E-state index contributed by atoms with van der Waals surface area (Å²) in [6, 6.07) is 2.81. The Morgan fingerprint density at radius 3 is 2.71 bits per heavy atom. The van der Waals surface area contributed by atoms with Gasteiger partial charge in [0.2, 0.25) is 0 Å². The Morgan fingerprint density at radius 1 is 1.57 bits per heavy atom. The second-order valence-electron chi connectivity index (χ2n) is 2.79. The number of aromatic hydroxyl groups is 1. The van der Waals surface area contributed by atoms with Crippen molar-refractivity contribution in [3.8, 4) is 5.75 Å². The number of nitro groups is 1. The van der Waals surface area contributed by atoms with Gasteiger partial charge in [-0.05, 0) is 12.1 Å². The van der Waals surface area contributed by atoms with Crippen molar-refractivity contribution in [1.29, 1.82) is 0 Å². The van der Waals surface area contributed by atoms with Crippen molar-refractivity contribution in [2.45, 2.75) is 6.04 Å². The van der Waals surface area contributed by atoms with Crippen molar-refractivity contribution in [2.24, 2.45) is 5.73 Å². The Hall–Kier alpha value is -1.66. The molecular weight excluding hydrogens is 188 g/mol. The quantitative estimate of drug-likeness (QED) is 0.477. The largest absolute Gasteiger partial charge is 0.508 e. The molecule has 14 heavy (non-hydrogen) atoms. The summed E-state index contributed by atoms with van der Waals surface area (Å²) in [6.07, 6.45) is 0. The van der Waals surface area contributed by atoms with E-state index in [1.165, 1.54) is 12.1 Å². The fourth-order valence-corrected chi connectivity index (χ4v) is 1.10. The maximum atomic E-state index is 10.6. The third kappa shape index (κ3) is 1.98.